The summed E-state index contributed by atoms with van der Waals surface area (Å²) in [6.45, 7) is 3.27. The van der Waals surface area contributed by atoms with Crippen LogP contribution in [0, 0.1) is 0 Å². The quantitative estimate of drug-likeness (QED) is 0.571. The first-order valence-electron chi connectivity index (χ1n) is 9.72. The Morgan fingerprint density at radius 2 is 1.34 bits per heavy atom. The highest BCUT2D eigenvalue weighted by atomic mass is 16.2. The summed E-state index contributed by atoms with van der Waals surface area (Å²) < 4.78 is 0. The van der Waals surface area contributed by atoms with Crippen molar-refractivity contribution >= 4 is 23.3 Å². The Hall–Kier alpha value is -3.60. The SMILES string of the molecule is CCCN(Cc1ccccc1)C(=O)Nc1ccc(C(=O)Nc2ccccc2)cc1. The van der Waals surface area contributed by atoms with Crippen molar-refractivity contribution in [2.24, 2.45) is 0 Å². The van der Waals surface area contributed by atoms with E-state index in [9.17, 15) is 9.59 Å². The number of para-hydroxylation sites is 1. The molecule has 0 saturated carbocycles. The van der Waals surface area contributed by atoms with E-state index in [0.717, 1.165) is 17.7 Å². The second kappa shape index (κ2) is 10.1. The highest BCUT2D eigenvalue weighted by molar-refractivity contribution is 6.04. The summed E-state index contributed by atoms with van der Waals surface area (Å²) in [7, 11) is 0. The van der Waals surface area contributed by atoms with Crippen molar-refractivity contribution in [3.05, 3.63) is 96.1 Å². The molecule has 0 saturated heterocycles. The third kappa shape index (κ3) is 5.94. The molecule has 0 unspecified atom stereocenters. The van der Waals surface area contributed by atoms with Crippen molar-refractivity contribution < 1.29 is 9.59 Å². The van der Waals surface area contributed by atoms with Gasteiger partial charge in [-0.15, -0.1) is 0 Å². The molecule has 0 bridgehead atoms. The predicted molar refractivity (Wildman–Crippen MR) is 117 cm³/mol. The number of anilines is 2. The van der Waals surface area contributed by atoms with Crippen LogP contribution in [0.3, 0.4) is 0 Å². The molecule has 0 aliphatic rings. The molecule has 0 fully saturated rings. The Morgan fingerprint density at radius 3 is 1.97 bits per heavy atom. The lowest BCUT2D eigenvalue weighted by Crippen LogP contribution is -2.35. The molecule has 29 heavy (non-hydrogen) atoms. The van der Waals surface area contributed by atoms with Crippen LogP contribution in [-0.2, 0) is 6.54 Å². The van der Waals surface area contributed by atoms with E-state index < -0.39 is 0 Å². The topological polar surface area (TPSA) is 61.4 Å². The van der Waals surface area contributed by atoms with Gasteiger partial charge in [0.2, 0.25) is 0 Å². The molecule has 0 radical (unpaired) electrons. The normalized spacial score (nSPS) is 10.2. The summed E-state index contributed by atoms with van der Waals surface area (Å²) in [6.07, 6.45) is 0.874. The van der Waals surface area contributed by atoms with Gasteiger partial charge in [0.15, 0.2) is 0 Å². The monoisotopic (exact) mass is 387 g/mol. The molecule has 0 heterocycles. The molecule has 0 aromatic heterocycles. The number of amides is 3. The predicted octanol–water partition coefficient (Wildman–Crippen LogP) is 5.38. The Labute approximate surface area is 171 Å². The molecule has 0 aliphatic carbocycles. The number of carbonyl (C=O) groups is 2. The fourth-order valence-electron chi connectivity index (χ4n) is 2.96. The van der Waals surface area contributed by atoms with Crippen LogP contribution in [0.15, 0.2) is 84.9 Å². The van der Waals surface area contributed by atoms with Crippen LogP contribution in [0.1, 0.15) is 29.3 Å². The third-order valence-corrected chi connectivity index (χ3v) is 4.43. The zero-order valence-corrected chi connectivity index (χ0v) is 16.5. The number of urea groups is 1. The summed E-state index contributed by atoms with van der Waals surface area (Å²) in [6, 6.07) is 26.0. The number of nitrogens with one attached hydrogen (secondary N) is 2. The van der Waals surface area contributed by atoms with Crippen molar-refractivity contribution in [1.29, 1.82) is 0 Å². The number of hydrogen-bond donors (Lipinski definition) is 2. The fourth-order valence-corrected chi connectivity index (χ4v) is 2.96. The molecule has 5 nitrogen and oxygen atoms in total. The molecule has 0 spiro atoms. The van der Waals surface area contributed by atoms with Crippen LogP contribution >= 0.6 is 0 Å². The van der Waals surface area contributed by atoms with E-state index >= 15 is 0 Å². The molecule has 0 atom stereocenters. The number of nitrogens with zero attached hydrogens (tertiary/aromatic N) is 1. The average molecular weight is 387 g/mol. The Kier molecular flexibility index (Phi) is 7.00. The van der Waals surface area contributed by atoms with Gasteiger partial charge in [0.05, 0.1) is 0 Å². The smallest absolute Gasteiger partial charge is 0.322 e. The van der Waals surface area contributed by atoms with Crippen LogP contribution in [0.5, 0.6) is 0 Å². The van der Waals surface area contributed by atoms with Gasteiger partial charge in [-0.1, -0.05) is 55.5 Å². The van der Waals surface area contributed by atoms with Gasteiger partial charge >= 0.3 is 6.03 Å². The minimum absolute atomic E-state index is 0.155. The van der Waals surface area contributed by atoms with E-state index in [1.807, 2.05) is 67.6 Å². The lowest BCUT2D eigenvalue weighted by molar-refractivity contribution is 0.102. The zero-order chi connectivity index (χ0) is 20.5. The number of carbonyl (C=O) groups excluding carboxylic acids is 2. The molecule has 148 valence electrons. The first kappa shape index (κ1) is 20.1. The zero-order valence-electron chi connectivity index (χ0n) is 16.5. The van der Waals surface area contributed by atoms with Crippen molar-refractivity contribution in [3.8, 4) is 0 Å². The molecule has 3 amide bonds. The van der Waals surface area contributed by atoms with Gasteiger partial charge < -0.3 is 15.5 Å². The van der Waals surface area contributed by atoms with Crippen LogP contribution in [0.2, 0.25) is 0 Å². The average Bonchev–Trinajstić information content (AvgIpc) is 2.75. The Bertz CT molecular complexity index is 925. The van der Waals surface area contributed by atoms with Crippen molar-refractivity contribution in [2.75, 3.05) is 17.2 Å². The van der Waals surface area contributed by atoms with E-state index in [2.05, 4.69) is 10.6 Å². The lowest BCUT2D eigenvalue weighted by Gasteiger charge is -2.22. The maximum Gasteiger partial charge on any atom is 0.322 e. The highest BCUT2D eigenvalue weighted by Crippen LogP contribution is 2.14. The highest BCUT2D eigenvalue weighted by Gasteiger charge is 2.14. The largest absolute Gasteiger partial charge is 0.322 e. The maximum absolute atomic E-state index is 12.7. The first-order chi connectivity index (χ1) is 14.2. The van der Waals surface area contributed by atoms with Gasteiger partial charge in [0.1, 0.15) is 0 Å². The van der Waals surface area contributed by atoms with Gasteiger partial charge in [-0.3, -0.25) is 4.79 Å². The standard InChI is InChI=1S/C24H25N3O2/c1-2-17-27(18-19-9-5-3-6-10-19)24(29)26-22-15-13-20(14-16-22)23(28)25-21-11-7-4-8-12-21/h3-16H,2,17-18H2,1H3,(H,25,28)(H,26,29). The lowest BCUT2D eigenvalue weighted by atomic mass is 10.2. The van der Waals surface area contributed by atoms with Crippen LogP contribution < -0.4 is 10.6 Å². The number of hydrogen-bond acceptors (Lipinski definition) is 2. The third-order valence-electron chi connectivity index (χ3n) is 4.43. The Morgan fingerprint density at radius 1 is 0.759 bits per heavy atom. The number of benzene rings is 3. The van der Waals surface area contributed by atoms with E-state index in [0.29, 0.717) is 24.3 Å². The van der Waals surface area contributed by atoms with Crippen molar-refractivity contribution in [2.45, 2.75) is 19.9 Å². The minimum atomic E-state index is -0.189. The van der Waals surface area contributed by atoms with Gasteiger partial charge in [0.25, 0.3) is 5.91 Å². The Balaban J connectivity index is 1.61. The fraction of sp³-hybridized carbons (Fsp3) is 0.167. The summed E-state index contributed by atoms with van der Waals surface area (Å²) in [5.41, 5.74) is 3.01. The van der Waals surface area contributed by atoms with Gasteiger partial charge in [-0.05, 0) is 48.4 Å². The van der Waals surface area contributed by atoms with Crippen LogP contribution in [0.25, 0.3) is 0 Å². The first-order valence-corrected chi connectivity index (χ1v) is 9.72. The molecule has 0 aliphatic heterocycles. The van der Waals surface area contributed by atoms with Crippen molar-refractivity contribution in [3.63, 3.8) is 0 Å². The maximum atomic E-state index is 12.7. The molecule has 3 aromatic rings. The summed E-state index contributed by atoms with van der Waals surface area (Å²) in [4.78, 5) is 26.8. The van der Waals surface area contributed by atoms with E-state index in [-0.39, 0.29) is 11.9 Å². The van der Waals surface area contributed by atoms with Gasteiger partial charge in [-0.25, -0.2) is 4.79 Å². The molecule has 5 heteroatoms. The van der Waals surface area contributed by atoms with Crippen LogP contribution in [0.4, 0.5) is 16.2 Å². The summed E-state index contributed by atoms with van der Waals surface area (Å²) in [5.74, 6) is -0.189. The number of rotatable bonds is 7. The molecule has 3 rings (SSSR count). The van der Waals surface area contributed by atoms with Gasteiger partial charge in [-0.2, -0.15) is 0 Å². The van der Waals surface area contributed by atoms with Crippen LogP contribution in [-0.4, -0.2) is 23.4 Å². The molecular weight excluding hydrogens is 362 g/mol. The van der Waals surface area contributed by atoms with E-state index in [1.54, 1.807) is 29.2 Å². The molecular formula is C24H25N3O2. The second-order valence-corrected chi connectivity index (χ2v) is 6.73. The van der Waals surface area contributed by atoms with Gasteiger partial charge in [0, 0.05) is 30.0 Å². The minimum Gasteiger partial charge on any atom is -0.322 e. The second-order valence-electron chi connectivity index (χ2n) is 6.73. The molecule has 2 N–H and O–H groups in total. The van der Waals surface area contributed by atoms with E-state index in [1.165, 1.54) is 0 Å². The van der Waals surface area contributed by atoms with Crippen molar-refractivity contribution in [1.82, 2.24) is 4.90 Å². The summed E-state index contributed by atoms with van der Waals surface area (Å²) >= 11 is 0. The summed E-state index contributed by atoms with van der Waals surface area (Å²) in [5, 5.41) is 5.76. The van der Waals surface area contributed by atoms with E-state index in [4.69, 9.17) is 0 Å². The molecule has 3 aromatic carbocycles.